The fourth-order valence-electron chi connectivity index (χ4n) is 1.23. The normalized spacial score (nSPS) is 15.8. The van der Waals surface area contributed by atoms with Gasteiger partial charge < -0.3 is 9.05 Å². The number of benzene rings is 1. The van der Waals surface area contributed by atoms with E-state index in [4.69, 9.17) is 9.05 Å². The molecule has 0 aliphatic heterocycles. The Kier molecular flexibility index (Phi) is 5.68. The Morgan fingerprint density at radius 3 is 2.06 bits per heavy atom. The molecule has 0 saturated carbocycles. The summed E-state index contributed by atoms with van der Waals surface area (Å²) in [7, 11) is -0.368. The Bertz CT molecular complexity index is 364. The first kappa shape index (κ1) is 14.4. The molecule has 1 aromatic rings. The lowest BCUT2D eigenvalue weighted by molar-refractivity contribution is 0.274. The van der Waals surface area contributed by atoms with Gasteiger partial charge >= 0.3 is 7.60 Å². The summed E-state index contributed by atoms with van der Waals surface area (Å²) < 4.78 is 21.6. The Morgan fingerprint density at radius 2 is 1.62 bits per heavy atom. The maximum Gasteiger partial charge on any atom is 0.345 e. The zero-order valence-electron chi connectivity index (χ0n) is 8.97. The van der Waals surface area contributed by atoms with Gasteiger partial charge in [-0.05, 0) is 5.56 Å². The van der Waals surface area contributed by atoms with Gasteiger partial charge in [0.15, 0.2) is 0 Å². The van der Waals surface area contributed by atoms with Gasteiger partial charge in [-0.15, -0.1) is 0 Å². The molecule has 1 rings (SSSR count). The van der Waals surface area contributed by atoms with Crippen molar-refractivity contribution in [3.63, 3.8) is 0 Å². The quantitative estimate of drug-likeness (QED) is 0.570. The van der Waals surface area contributed by atoms with E-state index in [1.807, 2.05) is 30.3 Å². The summed E-state index contributed by atoms with van der Waals surface area (Å²) in [6.45, 7) is 0. The van der Waals surface area contributed by atoms with Gasteiger partial charge in [-0.1, -0.05) is 62.2 Å². The first-order valence-electron chi connectivity index (χ1n) is 4.59. The second-order valence-electron chi connectivity index (χ2n) is 3.09. The molecule has 0 saturated heterocycles. The van der Waals surface area contributed by atoms with E-state index in [9.17, 15) is 4.57 Å². The van der Waals surface area contributed by atoms with E-state index in [2.05, 4.69) is 31.9 Å². The van der Waals surface area contributed by atoms with Gasteiger partial charge in [-0.2, -0.15) is 0 Å². The minimum atomic E-state index is -3.12. The van der Waals surface area contributed by atoms with Crippen LogP contribution in [0.2, 0.25) is 0 Å². The zero-order chi connectivity index (χ0) is 12.2. The molecule has 1 aromatic carbocycles. The molecular formula is C10H13Br2O3P. The summed E-state index contributed by atoms with van der Waals surface area (Å²) >= 11 is 6.85. The maximum absolute atomic E-state index is 12.1. The van der Waals surface area contributed by atoms with Crippen LogP contribution in [0, 0.1) is 0 Å². The predicted molar refractivity (Wildman–Crippen MR) is 72.4 cm³/mol. The van der Waals surface area contributed by atoms with Crippen molar-refractivity contribution >= 4 is 39.5 Å². The molecule has 0 aromatic heterocycles. The molecule has 0 bridgehead atoms. The Labute approximate surface area is 112 Å². The van der Waals surface area contributed by atoms with Crippen LogP contribution in [0.25, 0.3) is 0 Å². The van der Waals surface area contributed by atoms with Crippen LogP contribution in [0.3, 0.4) is 0 Å². The zero-order valence-corrected chi connectivity index (χ0v) is 13.0. The highest BCUT2D eigenvalue weighted by atomic mass is 79.9. The molecule has 90 valence electrons. The Morgan fingerprint density at radius 1 is 1.12 bits per heavy atom. The van der Waals surface area contributed by atoms with E-state index in [1.165, 1.54) is 14.2 Å². The lowest BCUT2D eigenvalue weighted by Gasteiger charge is -2.23. The monoisotopic (exact) mass is 370 g/mol. The maximum atomic E-state index is 12.1. The number of halogens is 2. The fourth-order valence-corrected chi connectivity index (χ4v) is 4.76. The summed E-state index contributed by atoms with van der Waals surface area (Å²) in [4.78, 5) is -0.139. The van der Waals surface area contributed by atoms with E-state index >= 15 is 0 Å². The van der Waals surface area contributed by atoms with E-state index in [0.29, 0.717) is 0 Å². The third kappa shape index (κ3) is 3.17. The second kappa shape index (κ2) is 6.31. The van der Waals surface area contributed by atoms with Gasteiger partial charge in [0.25, 0.3) is 0 Å². The van der Waals surface area contributed by atoms with Gasteiger partial charge in [0.1, 0.15) is 4.57 Å². The van der Waals surface area contributed by atoms with Gasteiger partial charge in [0.05, 0.1) is 4.83 Å². The van der Waals surface area contributed by atoms with Crippen LogP contribution in [0.5, 0.6) is 0 Å². The molecule has 0 aliphatic carbocycles. The smallest absolute Gasteiger partial charge is 0.311 e. The second-order valence-corrected chi connectivity index (χ2v) is 8.14. The molecule has 0 N–H and O–H groups in total. The summed E-state index contributed by atoms with van der Waals surface area (Å²) in [5, 5.41) is 0. The molecular weight excluding hydrogens is 359 g/mol. The van der Waals surface area contributed by atoms with Crippen LogP contribution < -0.4 is 0 Å². The average Bonchev–Trinajstić information content (AvgIpc) is 2.37. The highest BCUT2D eigenvalue weighted by molar-refractivity contribution is 9.13. The van der Waals surface area contributed by atoms with Crippen LogP contribution in [0.1, 0.15) is 10.4 Å². The lowest BCUT2D eigenvalue weighted by Crippen LogP contribution is -2.10. The summed E-state index contributed by atoms with van der Waals surface area (Å²) in [6.07, 6.45) is 0. The third-order valence-corrected chi connectivity index (χ3v) is 8.30. The predicted octanol–water partition coefficient (Wildman–Crippen LogP) is 4.33. The highest BCUT2D eigenvalue weighted by Crippen LogP contribution is 2.60. The molecule has 0 fully saturated rings. The minimum Gasteiger partial charge on any atom is -0.311 e. The molecule has 2 atom stereocenters. The van der Waals surface area contributed by atoms with Crippen molar-refractivity contribution in [2.75, 3.05) is 14.2 Å². The lowest BCUT2D eigenvalue weighted by atomic mass is 10.2. The SMILES string of the molecule is COP(=O)(OC)C(Br)C(Br)c1ccccc1. The standard InChI is InChI=1S/C10H13Br2O3P/c1-14-16(13,15-2)10(12)9(11)8-6-4-3-5-7-8/h3-7,9-10H,1-2H3. The molecule has 0 amide bonds. The largest absolute Gasteiger partial charge is 0.345 e. The molecule has 0 radical (unpaired) electrons. The molecule has 3 nitrogen and oxygen atoms in total. The van der Waals surface area contributed by atoms with Crippen molar-refractivity contribution in [2.24, 2.45) is 0 Å². The van der Waals surface area contributed by atoms with Crippen LogP contribution in [-0.4, -0.2) is 18.8 Å². The summed E-state index contributed by atoms with van der Waals surface area (Å²) in [5.41, 5.74) is 1.01. The number of alkyl halides is 2. The van der Waals surface area contributed by atoms with Crippen LogP contribution in [-0.2, 0) is 13.6 Å². The summed E-state index contributed by atoms with van der Waals surface area (Å²) in [6, 6.07) is 9.67. The third-order valence-electron chi connectivity index (χ3n) is 2.17. The molecule has 6 heteroatoms. The Balaban J connectivity index is 2.90. The van der Waals surface area contributed by atoms with Crippen LogP contribution >= 0.6 is 39.5 Å². The van der Waals surface area contributed by atoms with Gasteiger partial charge in [0.2, 0.25) is 0 Å². The van der Waals surface area contributed by atoms with E-state index in [-0.39, 0.29) is 4.83 Å². The number of hydrogen-bond acceptors (Lipinski definition) is 3. The van der Waals surface area contributed by atoms with E-state index in [0.717, 1.165) is 5.56 Å². The summed E-state index contributed by atoms with van der Waals surface area (Å²) in [5.74, 6) is 0. The van der Waals surface area contributed by atoms with Crippen molar-refractivity contribution in [1.82, 2.24) is 0 Å². The molecule has 0 aliphatic rings. The van der Waals surface area contributed by atoms with Gasteiger partial charge in [-0.3, -0.25) is 4.57 Å². The topological polar surface area (TPSA) is 35.5 Å². The molecule has 16 heavy (non-hydrogen) atoms. The van der Waals surface area contributed by atoms with Crippen LogP contribution in [0.15, 0.2) is 30.3 Å². The van der Waals surface area contributed by atoms with E-state index < -0.39 is 12.2 Å². The first-order chi connectivity index (χ1) is 7.55. The molecule has 0 spiro atoms. The van der Waals surface area contributed by atoms with Crippen molar-refractivity contribution < 1.29 is 13.6 Å². The fraction of sp³-hybridized carbons (Fsp3) is 0.400. The van der Waals surface area contributed by atoms with Crippen molar-refractivity contribution in [2.45, 2.75) is 9.40 Å². The van der Waals surface area contributed by atoms with Crippen molar-refractivity contribution in [3.05, 3.63) is 35.9 Å². The first-order valence-corrected chi connectivity index (χ1v) is 8.03. The van der Waals surface area contributed by atoms with Crippen molar-refractivity contribution in [3.8, 4) is 0 Å². The van der Waals surface area contributed by atoms with Crippen LogP contribution in [0.4, 0.5) is 0 Å². The molecule has 0 heterocycles. The molecule has 2 unspecified atom stereocenters. The van der Waals surface area contributed by atoms with Crippen molar-refractivity contribution in [1.29, 1.82) is 0 Å². The number of rotatable bonds is 5. The van der Waals surface area contributed by atoms with E-state index in [1.54, 1.807) is 0 Å². The Hall–Kier alpha value is 0.330. The van der Waals surface area contributed by atoms with Gasteiger partial charge in [-0.25, -0.2) is 0 Å². The highest BCUT2D eigenvalue weighted by Gasteiger charge is 2.37. The number of hydrogen-bond donors (Lipinski definition) is 0. The minimum absolute atomic E-state index is 0.139. The average molecular weight is 372 g/mol. The van der Waals surface area contributed by atoms with Gasteiger partial charge in [0, 0.05) is 14.2 Å².